The highest BCUT2D eigenvalue weighted by molar-refractivity contribution is 5.84. The highest BCUT2D eigenvalue weighted by Gasteiger charge is 2.14. The van der Waals surface area contributed by atoms with Gasteiger partial charge in [0.2, 0.25) is 5.95 Å². The third kappa shape index (κ3) is 3.07. The number of rotatable bonds is 5. The maximum atomic E-state index is 13.0. The molecule has 25 heavy (non-hydrogen) atoms. The molecule has 0 spiro atoms. The van der Waals surface area contributed by atoms with Crippen molar-refractivity contribution < 1.29 is 4.74 Å². The molecule has 3 aromatic rings. The van der Waals surface area contributed by atoms with Crippen LogP contribution in [0.4, 0.5) is 5.95 Å². The Kier molecular flexibility index (Phi) is 4.70. The van der Waals surface area contributed by atoms with Crippen molar-refractivity contribution in [1.29, 1.82) is 0 Å². The maximum Gasteiger partial charge on any atom is 0.260 e. The largest absolute Gasteiger partial charge is 0.497 e. The van der Waals surface area contributed by atoms with E-state index in [0.29, 0.717) is 23.7 Å². The quantitative estimate of drug-likeness (QED) is 0.773. The number of hydrogen-bond donors (Lipinski definition) is 1. The van der Waals surface area contributed by atoms with Gasteiger partial charge in [-0.2, -0.15) is 4.98 Å². The summed E-state index contributed by atoms with van der Waals surface area (Å²) in [5, 5.41) is 4.00. The normalized spacial score (nSPS) is 10.9. The second-order valence-corrected chi connectivity index (χ2v) is 5.74. The summed E-state index contributed by atoms with van der Waals surface area (Å²) < 4.78 is 6.89. The number of aromatic nitrogens is 3. The fraction of sp³-hybridized carbons (Fsp3) is 0.316. The minimum Gasteiger partial charge on any atom is -0.497 e. The SMILES string of the molecule is CCNc1nc(C)c2cc(-c3ccc(OC)cc3)c(=O)n(CC)c2n1. The standard InChI is InChI=1S/C19H22N4O2/c1-5-20-19-21-12(3)15-11-16(13-7-9-14(25-4)10-8-13)18(24)23(6-2)17(15)22-19/h7-11H,5-6H2,1-4H3,(H,20,21,22). The zero-order valence-electron chi connectivity index (χ0n) is 15.0. The summed E-state index contributed by atoms with van der Waals surface area (Å²) in [7, 11) is 1.62. The van der Waals surface area contributed by atoms with E-state index in [0.717, 1.165) is 28.9 Å². The molecule has 0 saturated heterocycles. The van der Waals surface area contributed by atoms with E-state index < -0.39 is 0 Å². The van der Waals surface area contributed by atoms with Gasteiger partial charge in [-0.3, -0.25) is 9.36 Å². The van der Waals surface area contributed by atoms with Gasteiger partial charge in [0, 0.05) is 24.0 Å². The van der Waals surface area contributed by atoms with Gasteiger partial charge in [0.15, 0.2) is 0 Å². The van der Waals surface area contributed by atoms with Gasteiger partial charge in [-0.25, -0.2) is 4.98 Å². The molecule has 0 saturated carbocycles. The fourth-order valence-corrected chi connectivity index (χ4v) is 2.90. The van der Waals surface area contributed by atoms with Crippen LogP contribution in [0.5, 0.6) is 5.75 Å². The van der Waals surface area contributed by atoms with Crippen molar-refractivity contribution in [3.05, 3.63) is 46.4 Å². The van der Waals surface area contributed by atoms with Crippen LogP contribution in [0.3, 0.4) is 0 Å². The first-order valence-corrected chi connectivity index (χ1v) is 8.39. The van der Waals surface area contributed by atoms with Crippen molar-refractivity contribution in [2.24, 2.45) is 0 Å². The average Bonchev–Trinajstić information content (AvgIpc) is 2.62. The molecule has 6 nitrogen and oxygen atoms in total. The number of anilines is 1. The number of ether oxygens (including phenoxy) is 1. The van der Waals surface area contributed by atoms with Crippen LogP contribution in [0.1, 0.15) is 19.5 Å². The summed E-state index contributed by atoms with van der Waals surface area (Å²) in [6.45, 7) is 7.14. The molecule has 3 rings (SSSR count). The molecule has 0 aliphatic rings. The zero-order valence-corrected chi connectivity index (χ0v) is 15.0. The van der Waals surface area contributed by atoms with E-state index in [4.69, 9.17) is 4.74 Å². The minimum atomic E-state index is -0.0549. The van der Waals surface area contributed by atoms with E-state index in [-0.39, 0.29) is 5.56 Å². The lowest BCUT2D eigenvalue weighted by Gasteiger charge is -2.13. The third-order valence-corrected chi connectivity index (χ3v) is 4.19. The van der Waals surface area contributed by atoms with Gasteiger partial charge in [0.05, 0.1) is 12.8 Å². The summed E-state index contributed by atoms with van der Waals surface area (Å²) >= 11 is 0. The highest BCUT2D eigenvalue weighted by Crippen LogP contribution is 2.24. The molecule has 0 aliphatic heterocycles. The molecule has 0 fully saturated rings. The van der Waals surface area contributed by atoms with Crippen molar-refractivity contribution >= 4 is 17.0 Å². The van der Waals surface area contributed by atoms with Gasteiger partial charge in [-0.05, 0) is 44.5 Å². The Morgan fingerprint density at radius 1 is 1.16 bits per heavy atom. The number of aryl methyl sites for hydroxylation is 2. The third-order valence-electron chi connectivity index (χ3n) is 4.19. The Morgan fingerprint density at radius 3 is 2.48 bits per heavy atom. The van der Waals surface area contributed by atoms with Crippen LogP contribution >= 0.6 is 0 Å². The molecule has 0 aliphatic carbocycles. The van der Waals surface area contributed by atoms with Gasteiger partial charge in [0.1, 0.15) is 11.4 Å². The van der Waals surface area contributed by atoms with Gasteiger partial charge in [-0.15, -0.1) is 0 Å². The first kappa shape index (κ1) is 17.0. The fourth-order valence-electron chi connectivity index (χ4n) is 2.90. The van der Waals surface area contributed by atoms with E-state index in [9.17, 15) is 4.79 Å². The van der Waals surface area contributed by atoms with Crippen LogP contribution in [-0.2, 0) is 6.54 Å². The molecule has 0 amide bonds. The molecule has 0 bridgehead atoms. The Morgan fingerprint density at radius 2 is 1.88 bits per heavy atom. The van der Waals surface area contributed by atoms with Crippen LogP contribution in [-0.4, -0.2) is 28.2 Å². The molecular formula is C19H22N4O2. The molecule has 2 heterocycles. The summed E-state index contributed by atoms with van der Waals surface area (Å²) in [4.78, 5) is 22.0. The van der Waals surface area contributed by atoms with Crippen molar-refractivity contribution in [3.63, 3.8) is 0 Å². The zero-order chi connectivity index (χ0) is 18.0. The molecule has 0 radical (unpaired) electrons. The molecule has 6 heteroatoms. The Balaban J connectivity index is 2.27. The van der Waals surface area contributed by atoms with Gasteiger partial charge in [0.25, 0.3) is 5.56 Å². The second kappa shape index (κ2) is 6.93. The van der Waals surface area contributed by atoms with E-state index in [1.54, 1.807) is 11.7 Å². The van der Waals surface area contributed by atoms with Gasteiger partial charge < -0.3 is 10.1 Å². The van der Waals surface area contributed by atoms with Crippen LogP contribution in [0.25, 0.3) is 22.2 Å². The number of nitrogens with zero attached hydrogens (tertiary/aromatic N) is 3. The van der Waals surface area contributed by atoms with E-state index >= 15 is 0 Å². The number of fused-ring (bicyclic) bond motifs is 1. The van der Waals surface area contributed by atoms with Crippen molar-refractivity contribution in [2.75, 3.05) is 19.0 Å². The van der Waals surface area contributed by atoms with Gasteiger partial charge in [-0.1, -0.05) is 12.1 Å². The molecular weight excluding hydrogens is 316 g/mol. The first-order valence-electron chi connectivity index (χ1n) is 8.39. The summed E-state index contributed by atoms with van der Waals surface area (Å²) in [6.07, 6.45) is 0. The lowest BCUT2D eigenvalue weighted by molar-refractivity contribution is 0.415. The van der Waals surface area contributed by atoms with E-state index in [2.05, 4.69) is 15.3 Å². The monoisotopic (exact) mass is 338 g/mol. The average molecular weight is 338 g/mol. The Labute approximate surface area is 146 Å². The Bertz CT molecular complexity index is 962. The molecule has 1 N–H and O–H groups in total. The van der Waals surface area contributed by atoms with Gasteiger partial charge >= 0.3 is 0 Å². The molecule has 130 valence electrons. The maximum absolute atomic E-state index is 13.0. The summed E-state index contributed by atoms with van der Waals surface area (Å²) in [5.74, 6) is 1.31. The Hall–Kier alpha value is -2.89. The number of benzene rings is 1. The predicted molar refractivity (Wildman–Crippen MR) is 100 cm³/mol. The van der Waals surface area contributed by atoms with Crippen molar-refractivity contribution in [1.82, 2.24) is 14.5 Å². The number of methoxy groups -OCH3 is 1. The summed E-state index contributed by atoms with van der Waals surface area (Å²) in [6, 6.07) is 9.38. The lowest BCUT2D eigenvalue weighted by Crippen LogP contribution is -2.23. The van der Waals surface area contributed by atoms with Crippen LogP contribution in [0.15, 0.2) is 35.1 Å². The second-order valence-electron chi connectivity index (χ2n) is 5.74. The molecule has 2 aromatic heterocycles. The molecule has 1 aromatic carbocycles. The topological polar surface area (TPSA) is 69.0 Å². The number of nitrogens with one attached hydrogen (secondary N) is 1. The summed E-state index contributed by atoms with van der Waals surface area (Å²) in [5.41, 5.74) is 2.94. The number of hydrogen-bond acceptors (Lipinski definition) is 5. The van der Waals surface area contributed by atoms with E-state index in [1.807, 2.05) is 51.1 Å². The smallest absolute Gasteiger partial charge is 0.260 e. The van der Waals surface area contributed by atoms with Crippen molar-refractivity contribution in [2.45, 2.75) is 27.3 Å². The van der Waals surface area contributed by atoms with Crippen LogP contribution < -0.4 is 15.6 Å². The van der Waals surface area contributed by atoms with Crippen molar-refractivity contribution in [3.8, 4) is 16.9 Å². The molecule has 0 atom stereocenters. The predicted octanol–water partition coefficient (Wildman–Crippen LogP) is 3.23. The van der Waals surface area contributed by atoms with E-state index in [1.165, 1.54) is 0 Å². The number of pyridine rings is 1. The lowest BCUT2D eigenvalue weighted by atomic mass is 10.0. The molecule has 0 unspecified atom stereocenters. The minimum absolute atomic E-state index is 0.0549. The first-order chi connectivity index (χ1) is 12.1. The van der Waals surface area contributed by atoms with Crippen LogP contribution in [0, 0.1) is 6.92 Å². The van der Waals surface area contributed by atoms with Crippen LogP contribution in [0.2, 0.25) is 0 Å². The highest BCUT2D eigenvalue weighted by atomic mass is 16.5.